The van der Waals surface area contributed by atoms with Crippen LogP contribution in [0.5, 0.6) is 0 Å². The molecular formula is C11H15N3. The number of benzene rings is 1. The van der Waals surface area contributed by atoms with Gasteiger partial charge in [0.05, 0.1) is 6.34 Å². The number of likely N-dealkylation sites (N-methyl/N-ethyl adjacent to an activating group) is 1. The maximum absolute atomic E-state index is 7.68. The van der Waals surface area contributed by atoms with E-state index in [9.17, 15) is 0 Å². The van der Waals surface area contributed by atoms with Gasteiger partial charge in [0.15, 0.2) is 0 Å². The molecule has 0 radical (unpaired) electrons. The molecular weight excluding hydrogens is 174 g/mol. The second kappa shape index (κ2) is 4.56. The van der Waals surface area contributed by atoms with E-state index in [1.807, 2.05) is 25.1 Å². The van der Waals surface area contributed by atoms with Crippen LogP contribution in [0.4, 0.5) is 0 Å². The summed E-state index contributed by atoms with van der Waals surface area (Å²) >= 11 is 0. The zero-order chi connectivity index (χ0) is 10.6. The molecule has 0 aliphatic rings. The Balaban J connectivity index is 2.69. The van der Waals surface area contributed by atoms with Gasteiger partial charge in [-0.2, -0.15) is 0 Å². The molecule has 0 amide bonds. The molecule has 0 fully saturated rings. The van der Waals surface area contributed by atoms with Crippen LogP contribution in [0.2, 0.25) is 0 Å². The minimum Gasteiger partial charge on any atom is -0.325 e. The van der Waals surface area contributed by atoms with Crippen LogP contribution in [0.3, 0.4) is 0 Å². The molecule has 3 nitrogen and oxygen atoms in total. The Bertz CT molecular complexity index is 344. The lowest BCUT2D eigenvalue weighted by Gasteiger charge is -2.13. The van der Waals surface area contributed by atoms with Crippen LogP contribution in [0.15, 0.2) is 24.3 Å². The number of hydrogen-bond acceptors (Lipinski definition) is 2. The molecule has 0 bridgehead atoms. The predicted molar refractivity (Wildman–Crippen MR) is 59.2 cm³/mol. The van der Waals surface area contributed by atoms with E-state index >= 15 is 0 Å². The maximum atomic E-state index is 7.68. The Kier molecular flexibility index (Phi) is 3.40. The highest BCUT2D eigenvalue weighted by Crippen LogP contribution is 2.05. The molecule has 2 N–H and O–H groups in total. The Labute approximate surface area is 84.4 Å². The molecule has 14 heavy (non-hydrogen) atoms. The molecule has 1 aromatic rings. The number of nitrogens with one attached hydrogen (secondary N) is 2. The third kappa shape index (κ3) is 2.69. The topological polar surface area (TPSA) is 50.9 Å². The molecule has 74 valence electrons. The average molecular weight is 189 g/mol. The van der Waals surface area contributed by atoms with Gasteiger partial charge in [0, 0.05) is 13.5 Å². The molecule has 0 spiro atoms. The fourth-order valence-corrected chi connectivity index (χ4v) is 1.22. The second-order valence-electron chi connectivity index (χ2n) is 3.35. The van der Waals surface area contributed by atoms with Crippen molar-refractivity contribution in [3.63, 3.8) is 0 Å². The summed E-state index contributed by atoms with van der Waals surface area (Å²) in [4.78, 5) is 1.50. The van der Waals surface area contributed by atoms with Gasteiger partial charge in [0.1, 0.15) is 5.84 Å². The van der Waals surface area contributed by atoms with Crippen molar-refractivity contribution in [1.82, 2.24) is 4.90 Å². The first-order valence-corrected chi connectivity index (χ1v) is 4.50. The number of rotatable bonds is 3. The van der Waals surface area contributed by atoms with Gasteiger partial charge in [0.25, 0.3) is 0 Å². The smallest absolute Gasteiger partial charge is 0.105 e. The highest BCUT2D eigenvalue weighted by atomic mass is 15.1. The SMILES string of the molecule is Cc1cccc(CC(=N)N(C)C=N)c1. The van der Waals surface area contributed by atoms with Crippen molar-refractivity contribution in [3.05, 3.63) is 35.4 Å². The minimum absolute atomic E-state index is 0.436. The van der Waals surface area contributed by atoms with Crippen LogP contribution in [-0.2, 0) is 6.42 Å². The fraction of sp³-hybridized carbons (Fsp3) is 0.273. The minimum atomic E-state index is 0.436. The first-order valence-electron chi connectivity index (χ1n) is 4.50. The first kappa shape index (κ1) is 10.4. The molecule has 0 unspecified atom stereocenters. The number of aryl methyl sites for hydroxylation is 1. The summed E-state index contributed by atoms with van der Waals surface area (Å²) in [6.45, 7) is 2.04. The molecule has 0 saturated carbocycles. The molecule has 0 saturated heterocycles. The van der Waals surface area contributed by atoms with Gasteiger partial charge < -0.3 is 4.90 Å². The van der Waals surface area contributed by atoms with Gasteiger partial charge in [-0.05, 0) is 12.5 Å². The Hall–Kier alpha value is -1.64. The zero-order valence-electron chi connectivity index (χ0n) is 8.54. The highest BCUT2D eigenvalue weighted by Gasteiger charge is 2.02. The van der Waals surface area contributed by atoms with E-state index in [4.69, 9.17) is 10.8 Å². The van der Waals surface area contributed by atoms with E-state index in [2.05, 4.69) is 6.07 Å². The Morgan fingerprint density at radius 3 is 2.79 bits per heavy atom. The van der Waals surface area contributed by atoms with Crippen LogP contribution in [-0.4, -0.2) is 24.1 Å². The van der Waals surface area contributed by atoms with Gasteiger partial charge in [-0.1, -0.05) is 29.8 Å². The Morgan fingerprint density at radius 2 is 2.21 bits per heavy atom. The summed E-state index contributed by atoms with van der Waals surface area (Å²) in [5, 5.41) is 14.7. The van der Waals surface area contributed by atoms with Gasteiger partial charge in [0.2, 0.25) is 0 Å². The number of hydrogen-bond donors (Lipinski definition) is 2. The van der Waals surface area contributed by atoms with Crippen LogP contribution >= 0.6 is 0 Å². The summed E-state index contributed by atoms with van der Waals surface area (Å²) in [5.74, 6) is 0.436. The normalized spacial score (nSPS) is 9.57. The van der Waals surface area contributed by atoms with Gasteiger partial charge in [-0.15, -0.1) is 0 Å². The second-order valence-corrected chi connectivity index (χ2v) is 3.35. The molecule has 0 aromatic heterocycles. The summed E-state index contributed by atoms with van der Waals surface area (Å²) in [6, 6.07) is 8.08. The quantitative estimate of drug-likeness (QED) is 0.555. The molecule has 0 heterocycles. The van der Waals surface area contributed by atoms with E-state index < -0.39 is 0 Å². The average Bonchev–Trinajstić information content (AvgIpc) is 2.16. The van der Waals surface area contributed by atoms with Crippen molar-refractivity contribution in [1.29, 1.82) is 10.8 Å². The molecule has 0 aliphatic carbocycles. The van der Waals surface area contributed by atoms with Crippen LogP contribution in [0.25, 0.3) is 0 Å². The summed E-state index contributed by atoms with van der Waals surface area (Å²) in [7, 11) is 1.71. The lowest BCUT2D eigenvalue weighted by atomic mass is 10.1. The first-order chi connectivity index (χ1) is 6.63. The van der Waals surface area contributed by atoms with Crippen molar-refractivity contribution in [3.8, 4) is 0 Å². The van der Waals surface area contributed by atoms with Crippen molar-refractivity contribution in [2.75, 3.05) is 7.05 Å². The van der Waals surface area contributed by atoms with E-state index in [1.54, 1.807) is 7.05 Å². The van der Waals surface area contributed by atoms with Crippen molar-refractivity contribution in [2.24, 2.45) is 0 Å². The van der Waals surface area contributed by atoms with E-state index in [0.29, 0.717) is 12.3 Å². The zero-order valence-corrected chi connectivity index (χ0v) is 8.54. The van der Waals surface area contributed by atoms with Crippen LogP contribution in [0.1, 0.15) is 11.1 Å². The van der Waals surface area contributed by atoms with Gasteiger partial charge >= 0.3 is 0 Å². The van der Waals surface area contributed by atoms with Gasteiger partial charge in [-0.3, -0.25) is 10.8 Å². The highest BCUT2D eigenvalue weighted by molar-refractivity contribution is 5.90. The summed E-state index contributed by atoms with van der Waals surface area (Å²) in [6.07, 6.45) is 1.73. The molecule has 0 atom stereocenters. The largest absolute Gasteiger partial charge is 0.325 e. The van der Waals surface area contributed by atoms with E-state index in [0.717, 1.165) is 11.9 Å². The molecule has 0 aliphatic heterocycles. The molecule has 3 heteroatoms. The summed E-state index contributed by atoms with van der Waals surface area (Å²) < 4.78 is 0. The third-order valence-electron chi connectivity index (χ3n) is 2.07. The standard InChI is InChI=1S/C11H15N3/c1-9-4-3-5-10(6-9)7-11(13)14(2)8-12/h3-6,8,12-13H,7H2,1-2H3. The lowest BCUT2D eigenvalue weighted by molar-refractivity contribution is 0.743. The number of amidine groups is 1. The van der Waals surface area contributed by atoms with Crippen molar-refractivity contribution < 1.29 is 0 Å². The van der Waals surface area contributed by atoms with Crippen molar-refractivity contribution >= 4 is 12.2 Å². The van der Waals surface area contributed by atoms with Gasteiger partial charge in [-0.25, -0.2) is 0 Å². The van der Waals surface area contributed by atoms with Crippen LogP contribution < -0.4 is 0 Å². The lowest BCUT2D eigenvalue weighted by Crippen LogP contribution is -2.25. The Morgan fingerprint density at radius 1 is 1.50 bits per heavy atom. The molecule has 1 rings (SSSR count). The monoisotopic (exact) mass is 189 g/mol. The number of nitrogens with zero attached hydrogens (tertiary/aromatic N) is 1. The summed E-state index contributed by atoms with van der Waals surface area (Å²) in [5.41, 5.74) is 2.32. The van der Waals surface area contributed by atoms with Crippen molar-refractivity contribution in [2.45, 2.75) is 13.3 Å². The van der Waals surface area contributed by atoms with Crippen LogP contribution in [0, 0.1) is 17.7 Å². The predicted octanol–water partition coefficient (Wildman–Crippen LogP) is 2.05. The third-order valence-corrected chi connectivity index (χ3v) is 2.07. The van der Waals surface area contributed by atoms with E-state index in [-0.39, 0.29) is 0 Å². The fourth-order valence-electron chi connectivity index (χ4n) is 1.22. The molecule has 1 aromatic carbocycles. The van der Waals surface area contributed by atoms with E-state index in [1.165, 1.54) is 10.5 Å². The maximum Gasteiger partial charge on any atom is 0.105 e.